The van der Waals surface area contributed by atoms with Gasteiger partial charge in [0.1, 0.15) is 11.5 Å². The Balaban J connectivity index is 1.87. The molecule has 3 aromatic carbocycles. The Bertz CT molecular complexity index is 1060. The van der Waals surface area contributed by atoms with E-state index in [2.05, 4.69) is 13.8 Å². The maximum atomic E-state index is 13.2. The van der Waals surface area contributed by atoms with Crippen LogP contribution in [-0.2, 0) is 12.6 Å². The fourth-order valence-electron chi connectivity index (χ4n) is 2.98. The SMILES string of the molecule is CCCCOc1ccc([I+](OS(=O)(=O)c2ccc(C)cc2)c2ccc(OCCCC)cc2)cc1. The predicted octanol–water partition coefficient (Wildman–Crippen LogP) is 3.34. The molecule has 3 aromatic rings. The van der Waals surface area contributed by atoms with Crippen LogP contribution in [0.5, 0.6) is 11.5 Å². The Morgan fingerprint density at radius 3 is 1.53 bits per heavy atom. The van der Waals surface area contributed by atoms with Crippen LogP contribution in [0.25, 0.3) is 0 Å². The molecule has 0 bridgehead atoms. The summed E-state index contributed by atoms with van der Waals surface area (Å²) in [5.41, 5.74) is 0.992. The van der Waals surface area contributed by atoms with Gasteiger partial charge in [0.2, 0.25) is 0 Å². The lowest BCUT2D eigenvalue weighted by molar-refractivity contribution is -1.03. The van der Waals surface area contributed by atoms with E-state index in [4.69, 9.17) is 12.0 Å². The number of hydrogen-bond acceptors (Lipinski definition) is 5. The van der Waals surface area contributed by atoms with Crippen LogP contribution in [0, 0.1) is 14.1 Å². The zero-order valence-corrected chi connectivity index (χ0v) is 23.0. The highest BCUT2D eigenvalue weighted by Crippen LogP contribution is 2.13. The average molecular weight is 597 g/mol. The van der Waals surface area contributed by atoms with E-state index in [0.29, 0.717) is 13.2 Å². The van der Waals surface area contributed by atoms with E-state index in [-0.39, 0.29) is 4.90 Å². The lowest BCUT2D eigenvalue weighted by Crippen LogP contribution is -3.85. The molecule has 5 nitrogen and oxygen atoms in total. The number of benzene rings is 3. The molecule has 0 spiro atoms. The van der Waals surface area contributed by atoms with Gasteiger partial charge in [-0.15, -0.1) is 0 Å². The summed E-state index contributed by atoms with van der Waals surface area (Å²) in [5, 5.41) is 0. The number of unbranched alkanes of at least 4 members (excludes halogenated alkanes) is 2. The smallest absolute Gasteiger partial charge is 0.336 e. The summed E-state index contributed by atoms with van der Waals surface area (Å²) in [5.74, 6) is 1.54. The molecular formula is C27H33IO5S+. The van der Waals surface area contributed by atoms with Crippen molar-refractivity contribution in [3.8, 4) is 11.5 Å². The summed E-state index contributed by atoms with van der Waals surface area (Å²) >= 11 is -2.79. The highest BCUT2D eigenvalue weighted by atomic mass is 127. The summed E-state index contributed by atoms with van der Waals surface area (Å²) in [7, 11) is -3.92. The van der Waals surface area contributed by atoms with Gasteiger partial charge in [-0.2, -0.15) is 8.42 Å². The quantitative estimate of drug-likeness (QED) is 0.224. The van der Waals surface area contributed by atoms with Gasteiger partial charge in [-0.25, -0.2) is 0 Å². The van der Waals surface area contributed by atoms with Gasteiger partial charge in [-0.3, -0.25) is 0 Å². The van der Waals surface area contributed by atoms with Crippen LogP contribution in [0.4, 0.5) is 0 Å². The summed E-state index contributed by atoms with van der Waals surface area (Å²) in [6.07, 6.45) is 4.11. The van der Waals surface area contributed by atoms with Crippen LogP contribution in [0.3, 0.4) is 0 Å². The third kappa shape index (κ3) is 7.71. The van der Waals surface area contributed by atoms with Gasteiger partial charge in [-0.1, -0.05) is 44.4 Å². The molecule has 0 unspecified atom stereocenters. The fourth-order valence-corrected chi connectivity index (χ4v) is 9.87. The molecule has 3 rings (SSSR count). The molecule has 7 heteroatoms. The average Bonchev–Trinajstić information content (AvgIpc) is 2.84. The second-order valence-corrected chi connectivity index (χ2v) is 14.4. The van der Waals surface area contributed by atoms with Gasteiger partial charge in [0.25, 0.3) is 0 Å². The first-order valence-corrected chi connectivity index (χ1v) is 16.0. The monoisotopic (exact) mass is 596 g/mol. The molecule has 0 fully saturated rings. The van der Waals surface area contributed by atoms with Crippen molar-refractivity contribution in [2.75, 3.05) is 13.2 Å². The van der Waals surface area contributed by atoms with Gasteiger partial charge in [-0.05, 0) is 82.9 Å². The van der Waals surface area contributed by atoms with Crippen LogP contribution < -0.4 is 29.7 Å². The molecule has 0 aliphatic heterocycles. The first-order chi connectivity index (χ1) is 16.4. The van der Waals surface area contributed by atoms with Crippen LogP contribution in [0.15, 0.2) is 77.7 Å². The lowest BCUT2D eigenvalue weighted by atomic mass is 10.2. The normalized spacial score (nSPS) is 11.5. The third-order valence-corrected chi connectivity index (χ3v) is 12.4. The number of aryl methyl sites for hydroxylation is 1. The third-order valence-electron chi connectivity index (χ3n) is 5.01. The van der Waals surface area contributed by atoms with Gasteiger partial charge in [0.05, 0.1) is 18.1 Å². The molecule has 0 heterocycles. The van der Waals surface area contributed by atoms with Crippen LogP contribution in [0.2, 0.25) is 0 Å². The van der Waals surface area contributed by atoms with Crippen molar-refractivity contribution in [2.24, 2.45) is 0 Å². The molecule has 0 saturated heterocycles. The highest BCUT2D eigenvalue weighted by molar-refractivity contribution is 7.86. The van der Waals surface area contributed by atoms with E-state index in [1.165, 1.54) is 0 Å². The Morgan fingerprint density at radius 1 is 0.676 bits per heavy atom. The topological polar surface area (TPSA) is 61.8 Å². The Morgan fingerprint density at radius 2 is 1.12 bits per heavy atom. The lowest BCUT2D eigenvalue weighted by Gasteiger charge is -2.09. The zero-order chi connectivity index (χ0) is 24.4. The molecule has 0 aliphatic rings. The van der Waals surface area contributed by atoms with E-state index in [1.807, 2.05) is 55.5 Å². The Kier molecular flexibility index (Phi) is 10.2. The zero-order valence-electron chi connectivity index (χ0n) is 20.0. The van der Waals surface area contributed by atoms with Crippen molar-refractivity contribution in [3.63, 3.8) is 0 Å². The minimum atomic E-state index is -3.92. The number of ether oxygens (including phenoxy) is 2. The summed E-state index contributed by atoms with van der Waals surface area (Å²) < 4.78 is 45.6. The molecule has 0 N–H and O–H groups in total. The van der Waals surface area contributed by atoms with Crippen LogP contribution >= 0.6 is 0 Å². The van der Waals surface area contributed by atoms with Crippen molar-refractivity contribution < 1.29 is 40.6 Å². The fraction of sp³-hybridized carbons (Fsp3) is 0.333. The molecule has 183 valence electrons. The van der Waals surface area contributed by atoms with Crippen molar-refractivity contribution in [1.29, 1.82) is 0 Å². The predicted molar refractivity (Wildman–Crippen MR) is 131 cm³/mol. The van der Waals surface area contributed by atoms with Crippen molar-refractivity contribution in [2.45, 2.75) is 51.3 Å². The number of rotatable bonds is 13. The number of hydrogen-bond donors (Lipinski definition) is 0. The Labute approximate surface area is 211 Å². The maximum Gasteiger partial charge on any atom is 0.336 e. The molecular weight excluding hydrogens is 563 g/mol. The van der Waals surface area contributed by atoms with E-state index in [1.54, 1.807) is 24.3 Å². The Hall–Kier alpha value is -2.10. The minimum absolute atomic E-state index is 0.166. The molecule has 0 atom stereocenters. The molecule has 34 heavy (non-hydrogen) atoms. The van der Waals surface area contributed by atoms with E-state index >= 15 is 0 Å². The van der Waals surface area contributed by atoms with Crippen molar-refractivity contribution in [1.82, 2.24) is 0 Å². The van der Waals surface area contributed by atoms with E-state index in [9.17, 15) is 8.42 Å². The molecule has 0 aliphatic carbocycles. The first kappa shape index (κ1) is 26.5. The van der Waals surface area contributed by atoms with E-state index < -0.39 is 30.4 Å². The second-order valence-electron chi connectivity index (χ2n) is 7.89. The highest BCUT2D eigenvalue weighted by Gasteiger charge is 2.37. The standard InChI is InChI=1S/C27H33IO5S/c1-4-6-20-31-25-14-10-23(11-15-25)28(24-12-16-26(17-13-24)32-21-7-5-2)33-34(29,30)27-18-8-22(3)9-19-27/h8-19H,4-7,20-21H2,1-3H3/q+1. The maximum absolute atomic E-state index is 13.2. The molecule has 0 aromatic heterocycles. The minimum Gasteiger partial charge on any atom is -0.494 e. The molecule has 0 saturated carbocycles. The summed E-state index contributed by atoms with van der Waals surface area (Å²) in [6, 6.07) is 22.0. The first-order valence-electron chi connectivity index (χ1n) is 11.6. The van der Waals surface area contributed by atoms with Crippen LogP contribution in [0.1, 0.15) is 45.1 Å². The van der Waals surface area contributed by atoms with Gasteiger partial charge in [0, 0.05) is 0 Å². The largest absolute Gasteiger partial charge is 0.494 e. The van der Waals surface area contributed by atoms with Gasteiger partial charge in [0.15, 0.2) is 7.14 Å². The van der Waals surface area contributed by atoms with Gasteiger partial charge >= 0.3 is 30.4 Å². The van der Waals surface area contributed by atoms with Crippen molar-refractivity contribution in [3.05, 3.63) is 85.5 Å². The van der Waals surface area contributed by atoms with Crippen LogP contribution in [-0.4, -0.2) is 21.6 Å². The molecule has 0 amide bonds. The number of halogens is 1. The van der Waals surface area contributed by atoms with Crippen molar-refractivity contribution >= 4 is 10.1 Å². The molecule has 1 radical (unpaired) electrons. The van der Waals surface area contributed by atoms with Gasteiger partial charge < -0.3 is 9.47 Å². The summed E-state index contributed by atoms with van der Waals surface area (Å²) in [4.78, 5) is 0.166. The summed E-state index contributed by atoms with van der Waals surface area (Å²) in [6.45, 7) is 7.49. The second kappa shape index (κ2) is 13.1. The van der Waals surface area contributed by atoms with E-state index in [0.717, 1.165) is 49.9 Å².